The van der Waals surface area contributed by atoms with E-state index in [-0.39, 0.29) is 5.71 Å². The molecular formula is C27H34N5O3-. The fraction of sp³-hybridized carbons (Fsp3) is 0.444. The Kier molecular flexibility index (Phi) is 7.70. The molecule has 186 valence electrons. The molecule has 0 saturated carbocycles. The van der Waals surface area contributed by atoms with Crippen LogP contribution in [0.4, 0.5) is 0 Å². The molecule has 8 heteroatoms. The number of ether oxygens (including phenoxy) is 1. The molecule has 3 aliphatic rings. The zero-order valence-corrected chi connectivity index (χ0v) is 20.8. The minimum atomic E-state index is -0.410. The van der Waals surface area contributed by atoms with Gasteiger partial charge in [0.25, 0.3) is 0 Å². The van der Waals surface area contributed by atoms with Crippen molar-refractivity contribution in [3.63, 3.8) is 0 Å². The molecule has 1 aromatic rings. The molecule has 4 rings (SSSR count). The first-order valence-electron chi connectivity index (χ1n) is 12.2. The lowest BCUT2D eigenvalue weighted by atomic mass is 9.69. The summed E-state index contributed by atoms with van der Waals surface area (Å²) in [6, 6.07) is 4.11. The number of pyridine rings is 1. The van der Waals surface area contributed by atoms with E-state index in [2.05, 4.69) is 60.4 Å². The van der Waals surface area contributed by atoms with Crippen LogP contribution in [0.2, 0.25) is 0 Å². The Hall–Kier alpha value is -3.39. The fourth-order valence-corrected chi connectivity index (χ4v) is 5.15. The van der Waals surface area contributed by atoms with E-state index < -0.39 is 4.90 Å². The third-order valence-corrected chi connectivity index (χ3v) is 7.04. The standard InChI is InChI=1S/C27H34N5O3/c1-18(2)25-13-22(19(3)12-23(25)17-31(4)16-20-6-5-11-28-15-20)14-26-29-30-27(35-26)21-7-9-24(10-8-21)32(33)34/h5-12,15,18,22-23,25,30H,13-14,16-17H2,1-4H3/q-1. The van der Waals surface area contributed by atoms with Gasteiger partial charge in [-0.2, -0.15) is 4.90 Å². The highest BCUT2D eigenvalue weighted by molar-refractivity contribution is 6.02. The van der Waals surface area contributed by atoms with Gasteiger partial charge in [-0.1, -0.05) is 31.6 Å². The van der Waals surface area contributed by atoms with Gasteiger partial charge < -0.3 is 20.1 Å². The Labute approximate surface area is 207 Å². The molecule has 1 aromatic heterocycles. The molecular weight excluding hydrogens is 442 g/mol. The highest BCUT2D eigenvalue weighted by Crippen LogP contribution is 2.40. The third kappa shape index (κ3) is 6.19. The number of nitrogens with zero attached hydrogens (tertiary/aromatic N) is 4. The smallest absolute Gasteiger partial charge is 0.222 e. The van der Waals surface area contributed by atoms with E-state index >= 15 is 0 Å². The largest absolute Gasteiger partial charge is 0.612 e. The maximum atomic E-state index is 10.9. The van der Waals surface area contributed by atoms with Crippen molar-refractivity contribution in [1.82, 2.24) is 15.3 Å². The molecule has 3 unspecified atom stereocenters. The summed E-state index contributed by atoms with van der Waals surface area (Å²) in [4.78, 5) is 6.22. The van der Waals surface area contributed by atoms with Crippen LogP contribution in [-0.4, -0.2) is 40.0 Å². The Morgan fingerprint density at radius 1 is 1.23 bits per heavy atom. The van der Waals surface area contributed by atoms with E-state index in [1.165, 1.54) is 23.3 Å². The summed E-state index contributed by atoms with van der Waals surface area (Å²) in [7, 11) is 2.18. The first kappa shape index (κ1) is 24.7. The minimum absolute atomic E-state index is 0.0526. The van der Waals surface area contributed by atoms with Gasteiger partial charge in [-0.25, -0.2) is 5.43 Å². The number of rotatable bonds is 7. The van der Waals surface area contributed by atoms with Crippen LogP contribution in [0, 0.1) is 34.1 Å². The number of nitrogens with one attached hydrogen (secondary N) is 1. The molecule has 1 aliphatic heterocycles. The molecule has 3 atom stereocenters. The van der Waals surface area contributed by atoms with Crippen molar-refractivity contribution in [1.29, 1.82) is 0 Å². The summed E-state index contributed by atoms with van der Waals surface area (Å²) in [6.45, 7) is 8.76. The lowest BCUT2D eigenvalue weighted by Crippen LogP contribution is -2.35. The predicted octanol–water partition coefficient (Wildman–Crippen LogP) is 4.48. The van der Waals surface area contributed by atoms with Gasteiger partial charge in [-0.3, -0.25) is 4.98 Å². The molecule has 0 saturated heterocycles. The van der Waals surface area contributed by atoms with Gasteiger partial charge in [-0.05, 0) is 67.8 Å². The number of hydrogen-bond acceptors (Lipinski definition) is 7. The van der Waals surface area contributed by atoms with E-state index in [4.69, 9.17) is 4.74 Å². The third-order valence-electron chi connectivity index (χ3n) is 7.04. The number of aromatic nitrogens is 1. The van der Waals surface area contributed by atoms with E-state index in [1.54, 1.807) is 12.2 Å². The minimum Gasteiger partial charge on any atom is -0.612 e. The van der Waals surface area contributed by atoms with Crippen molar-refractivity contribution < 1.29 is 9.64 Å². The van der Waals surface area contributed by atoms with Crippen molar-refractivity contribution in [2.45, 2.75) is 40.2 Å². The maximum absolute atomic E-state index is 10.9. The van der Waals surface area contributed by atoms with E-state index in [0.717, 1.165) is 31.5 Å². The Morgan fingerprint density at radius 3 is 2.66 bits per heavy atom. The van der Waals surface area contributed by atoms with Gasteiger partial charge in [0.15, 0.2) is 0 Å². The summed E-state index contributed by atoms with van der Waals surface area (Å²) >= 11 is 0. The number of allylic oxidation sites excluding steroid dienone is 6. The molecule has 0 aromatic carbocycles. The zero-order chi connectivity index (χ0) is 24.9. The average molecular weight is 477 g/mol. The molecule has 1 N–H and O–H groups in total. The van der Waals surface area contributed by atoms with Gasteiger partial charge in [-0.15, -0.1) is 5.10 Å². The van der Waals surface area contributed by atoms with Crippen molar-refractivity contribution in [2.75, 3.05) is 13.6 Å². The van der Waals surface area contributed by atoms with Gasteiger partial charge in [0.2, 0.25) is 17.5 Å². The van der Waals surface area contributed by atoms with Gasteiger partial charge >= 0.3 is 0 Å². The average Bonchev–Trinajstić information content (AvgIpc) is 3.30. The first-order chi connectivity index (χ1) is 16.8. The summed E-state index contributed by atoms with van der Waals surface area (Å²) < 4.78 is 6.00. The molecule has 0 amide bonds. The molecule has 0 bridgehead atoms. The Bertz CT molecular complexity index is 1080. The monoisotopic (exact) mass is 476 g/mol. The second kappa shape index (κ2) is 10.9. The van der Waals surface area contributed by atoms with Crippen LogP contribution in [0.25, 0.3) is 0 Å². The van der Waals surface area contributed by atoms with Crippen molar-refractivity contribution in [3.05, 3.63) is 87.9 Å². The first-order valence-corrected chi connectivity index (χ1v) is 12.2. The van der Waals surface area contributed by atoms with E-state index in [1.807, 2.05) is 18.5 Å². The van der Waals surface area contributed by atoms with E-state index in [0.29, 0.717) is 35.5 Å². The van der Waals surface area contributed by atoms with Crippen LogP contribution in [0.1, 0.15) is 39.2 Å². The molecule has 2 heterocycles. The maximum Gasteiger partial charge on any atom is 0.222 e. The molecule has 0 fully saturated rings. The van der Waals surface area contributed by atoms with Crippen LogP contribution in [0.15, 0.2) is 77.0 Å². The predicted molar refractivity (Wildman–Crippen MR) is 138 cm³/mol. The summed E-state index contributed by atoms with van der Waals surface area (Å²) in [6.07, 6.45) is 14.3. The van der Waals surface area contributed by atoms with Gasteiger partial charge in [0.05, 0.1) is 0 Å². The van der Waals surface area contributed by atoms with E-state index in [9.17, 15) is 10.4 Å². The quantitative estimate of drug-likeness (QED) is 0.354. The van der Waals surface area contributed by atoms with Crippen LogP contribution in [0.3, 0.4) is 0 Å². The lowest BCUT2D eigenvalue weighted by molar-refractivity contribution is -0.377. The molecule has 35 heavy (non-hydrogen) atoms. The van der Waals surface area contributed by atoms with Crippen LogP contribution in [0.5, 0.6) is 0 Å². The fourth-order valence-electron chi connectivity index (χ4n) is 5.15. The highest BCUT2D eigenvalue weighted by atomic mass is 16.8. The summed E-state index contributed by atoms with van der Waals surface area (Å²) in [5, 5.41) is 26.2. The van der Waals surface area contributed by atoms with Gasteiger partial charge in [0, 0.05) is 49.6 Å². The number of hydrogen-bond donors (Lipinski definition) is 1. The van der Waals surface area contributed by atoms with Crippen LogP contribution in [-0.2, 0) is 11.3 Å². The zero-order valence-electron chi connectivity index (χ0n) is 20.8. The topological polar surface area (TPSA) is 98.9 Å². The Balaban J connectivity index is 1.39. The second-order valence-corrected chi connectivity index (χ2v) is 10.0. The lowest BCUT2D eigenvalue weighted by Gasteiger charge is -2.38. The Morgan fingerprint density at radius 2 is 2.00 bits per heavy atom. The van der Waals surface area contributed by atoms with Crippen LogP contribution < -0.4 is 5.43 Å². The summed E-state index contributed by atoms with van der Waals surface area (Å²) in [5.41, 5.74) is 6.36. The normalized spacial score (nSPS) is 23.9. The second-order valence-electron chi connectivity index (χ2n) is 10.0. The van der Waals surface area contributed by atoms with Crippen molar-refractivity contribution in [3.8, 4) is 0 Å². The highest BCUT2D eigenvalue weighted by Gasteiger charge is 2.34. The van der Waals surface area contributed by atoms with Crippen molar-refractivity contribution >= 4 is 11.6 Å². The molecule has 2 aliphatic carbocycles. The summed E-state index contributed by atoms with van der Waals surface area (Å²) in [5.74, 6) is 3.20. The van der Waals surface area contributed by atoms with Crippen molar-refractivity contribution in [2.24, 2.45) is 28.8 Å². The molecule has 8 nitrogen and oxygen atoms in total. The van der Waals surface area contributed by atoms with Crippen LogP contribution >= 0.6 is 0 Å². The SMILES string of the molecule is CC1=CC(CN(C)Cc2cccnc2)C(C(C)C)CC1CC1=NNC(=C2C=CC(=[N+]([O-])[O-])C=C2)O1. The van der Waals surface area contributed by atoms with Gasteiger partial charge in [0.1, 0.15) is 0 Å². The molecule has 0 radical (unpaired) electrons. The molecule has 0 spiro atoms. The number of hydrazone groups is 1.